The van der Waals surface area contributed by atoms with Crippen molar-refractivity contribution in [3.05, 3.63) is 65.7 Å². The lowest BCUT2D eigenvalue weighted by atomic mass is 10.0. The quantitative estimate of drug-likeness (QED) is 0.377. The molecule has 0 fully saturated rings. The number of ketones is 1. The van der Waals surface area contributed by atoms with Crippen LogP contribution in [-0.4, -0.2) is 5.78 Å². The van der Waals surface area contributed by atoms with E-state index in [-0.39, 0.29) is 5.78 Å². The van der Waals surface area contributed by atoms with Gasteiger partial charge in [0.1, 0.15) is 0 Å². The van der Waals surface area contributed by atoms with Gasteiger partial charge in [0, 0.05) is 5.56 Å². The second-order valence-corrected chi connectivity index (χ2v) is 3.43. The van der Waals surface area contributed by atoms with Crippen molar-refractivity contribution >= 4 is 11.5 Å². The van der Waals surface area contributed by atoms with E-state index in [1.165, 1.54) is 0 Å². The molecule has 0 amide bonds. The van der Waals surface area contributed by atoms with Crippen LogP contribution in [0.5, 0.6) is 0 Å². The van der Waals surface area contributed by atoms with Crippen molar-refractivity contribution in [2.75, 3.05) is 0 Å². The van der Waals surface area contributed by atoms with E-state index < -0.39 is 0 Å². The zero-order valence-electron chi connectivity index (χ0n) is 9.08. The van der Waals surface area contributed by atoms with Gasteiger partial charge in [-0.05, 0) is 12.1 Å². The molecule has 0 spiro atoms. The molecule has 4 nitrogen and oxygen atoms in total. The molecule has 2 aromatic carbocycles. The van der Waals surface area contributed by atoms with Crippen LogP contribution < -0.4 is 5.84 Å². The monoisotopic (exact) mass is 225 g/mol. The molecule has 17 heavy (non-hydrogen) atoms. The maximum absolute atomic E-state index is 12.2. The average molecular weight is 225 g/mol. The van der Waals surface area contributed by atoms with Gasteiger partial charge in [0.2, 0.25) is 0 Å². The highest BCUT2D eigenvalue weighted by molar-refractivity contribution is 6.11. The Labute approximate surface area is 98.8 Å². The Balaban J connectivity index is 2.44. The molecular formula is C13H11N3O. The molecule has 0 unspecified atom stereocenters. The number of rotatable bonds is 3. The highest BCUT2D eigenvalue weighted by Crippen LogP contribution is 2.21. The summed E-state index contributed by atoms with van der Waals surface area (Å²) in [6.45, 7) is 0. The van der Waals surface area contributed by atoms with Crippen LogP contribution in [0, 0.1) is 0 Å². The molecule has 0 saturated carbocycles. The van der Waals surface area contributed by atoms with Crippen molar-refractivity contribution in [3.8, 4) is 0 Å². The number of carbonyl (C=O) groups excluding carboxylic acids is 1. The van der Waals surface area contributed by atoms with Crippen molar-refractivity contribution < 1.29 is 4.79 Å². The Hall–Kier alpha value is -2.49. The number of nitrogens with two attached hydrogens (primary N) is 1. The lowest BCUT2D eigenvalue weighted by Crippen LogP contribution is -2.01. The summed E-state index contributed by atoms with van der Waals surface area (Å²) in [6, 6.07) is 16.0. The SMILES string of the molecule is NN=Nc1ccccc1C(=O)c1ccccc1. The van der Waals surface area contributed by atoms with Crippen LogP contribution in [0.2, 0.25) is 0 Å². The summed E-state index contributed by atoms with van der Waals surface area (Å²) >= 11 is 0. The molecule has 0 aliphatic rings. The fourth-order valence-corrected chi connectivity index (χ4v) is 1.56. The molecule has 0 atom stereocenters. The Morgan fingerprint density at radius 1 is 0.941 bits per heavy atom. The number of hydrogen-bond acceptors (Lipinski definition) is 3. The minimum atomic E-state index is -0.0893. The standard InChI is InChI=1S/C13H11N3O/c14-16-15-12-9-5-4-8-11(12)13(17)10-6-2-1-3-7-10/h1-9H,(H2,14,15). The van der Waals surface area contributed by atoms with Gasteiger partial charge >= 0.3 is 0 Å². The number of hydrogen-bond donors (Lipinski definition) is 1. The molecule has 4 heteroatoms. The van der Waals surface area contributed by atoms with Gasteiger partial charge in [0.05, 0.1) is 11.3 Å². The highest BCUT2D eigenvalue weighted by atomic mass is 16.1. The predicted octanol–water partition coefficient (Wildman–Crippen LogP) is 2.88. The topological polar surface area (TPSA) is 67.8 Å². The predicted molar refractivity (Wildman–Crippen MR) is 65.0 cm³/mol. The molecule has 0 radical (unpaired) electrons. The lowest BCUT2D eigenvalue weighted by Gasteiger charge is -2.03. The van der Waals surface area contributed by atoms with Crippen molar-refractivity contribution in [3.63, 3.8) is 0 Å². The van der Waals surface area contributed by atoms with Crippen LogP contribution in [0.1, 0.15) is 15.9 Å². The smallest absolute Gasteiger partial charge is 0.195 e. The van der Waals surface area contributed by atoms with Gasteiger partial charge in [0.15, 0.2) is 5.78 Å². The Bertz CT molecular complexity index is 550. The van der Waals surface area contributed by atoms with E-state index in [1.807, 2.05) is 18.2 Å². The zero-order chi connectivity index (χ0) is 12.1. The summed E-state index contributed by atoms with van der Waals surface area (Å²) in [5.74, 6) is 4.93. The minimum absolute atomic E-state index is 0.0893. The van der Waals surface area contributed by atoms with Gasteiger partial charge in [-0.15, -0.1) is 5.11 Å². The number of nitrogens with zero attached hydrogens (tertiary/aromatic N) is 2. The van der Waals surface area contributed by atoms with Crippen molar-refractivity contribution in [2.45, 2.75) is 0 Å². The third kappa shape index (κ3) is 2.36. The summed E-state index contributed by atoms with van der Waals surface area (Å²) in [6.07, 6.45) is 0. The van der Waals surface area contributed by atoms with Crippen molar-refractivity contribution in [1.82, 2.24) is 0 Å². The second-order valence-electron chi connectivity index (χ2n) is 3.43. The lowest BCUT2D eigenvalue weighted by molar-refractivity contribution is 0.103. The van der Waals surface area contributed by atoms with Crippen LogP contribution in [0.3, 0.4) is 0 Å². The number of carbonyl (C=O) groups is 1. The van der Waals surface area contributed by atoms with E-state index in [2.05, 4.69) is 10.3 Å². The van der Waals surface area contributed by atoms with E-state index in [0.717, 1.165) is 0 Å². The third-order valence-corrected chi connectivity index (χ3v) is 2.35. The molecule has 0 bridgehead atoms. The van der Waals surface area contributed by atoms with Crippen LogP contribution >= 0.6 is 0 Å². The molecule has 2 N–H and O–H groups in total. The highest BCUT2D eigenvalue weighted by Gasteiger charge is 2.12. The minimum Gasteiger partial charge on any atom is -0.305 e. The summed E-state index contributed by atoms with van der Waals surface area (Å²) < 4.78 is 0. The second kappa shape index (κ2) is 5.03. The maximum atomic E-state index is 12.2. The van der Waals surface area contributed by atoms with Gasteiger partial charge in [-0.2, -0.15) is 0 Å². The molecule has 2 aromatic rings. The van der Waals surface area contributed by atoms with Gasteiger partial charge in [0.25, 0.3) is 0 Å². The van der Waals surface area contributed by atoms with E-state index in [1.54, 1.807) is 36.4 Å². The molecule has 0 aliphatic heterocycles. The van der Waals surface area contributed by atoms with Crippen molar-refractivity contribution in [2.24, 2.45) is 16.2 Å². The Morgan fingerprint density at radius 2 is 1.59 bits per heavy atom. The first-order chi connectivity index (χ1) is 8.33. The molecule has 0 aromatic heterocycles. The van der Waals surface area contributed by atoms with E-state index in [4.69, 9.17) is 5.84 Å². The van der Waals surface area contributed by atoms with Crippen LogP contribution in [-0.2, 0) is 0 Å². The summed E-state index contributed by atoms with van der Waals surface area (Å²) in [4.78, 5) is 12.2. The largest absolute Gasteiger partial charge is 0.305 e. The first kappa shape index (κ1) is 11.0. The molecule has 2 rings (SSSR count). The summed E-state index contributed by atoms with van der Waals surface area (Å²) in [5.41, 5.74) is 1.59. The molecule has 0 saturated heterocycles. The molecule has 84 valence electrons. The van der Waals surface area contributed by atoms with Crippen LogP contribution in [0.25, 0.3) is 0 Å². The molecule has 0 aliphatic carbocycles. The van der Waals surface area contributed by atoms with Gasteiger partial charge in [-0.25, -0.2) is 0 Å². The van der Waals surface area contributed by atoms with E-state index in [9.17, 15) is 4.79 Å². The van der Waals surface area contributed by atoms with Crippen LogP contribution in [0.4, 0.5) is 5.69 Å². The average Bonchev–Trinajstić information content (AvgIpc) is 2.40. The summed E-state index contributed by atoms with van der Waals surface area (Å²) in [7, 11) is 0. The van der Waals surface area contributed by atoms with E-state index >= 15 is 0 Å². The fourth-order valence-electron chi connectivity index (χ4n) is 1.56. The molecular weight excluding hydrogens is 214 g/mol. The Kier molecular flexibility index (Phi) is 3.25. The van der Waals surface area contributed by atoms with Gasteiger partial charge < -0.3 is 5.84 Å². The van der Waals surface area contributed by atoms with Crippen molar-refractivity contribution in [1.29, 1.82) is 0 Å². The molecule has 0 heterocycles. The van der Waals surface area contributed by atoms with Crippen LogP contribution in [0.15, 0.2) is 64.9 Å². The third-order valence-electron chi connectivity index (χ3n) is 2.35. The summed E-state index contributed by atoms with van der Waals surface area (Å²) in [5, 5.41) is 6.95. The first-order valence-electron chi connectivity index (χ1n) is 5.12. The van der Waals surface area contributed by atoms with E-state index in [0.29, 0.717) is 16.8 Å². The number of benzene rings is 2. The first-order valence-corrected chi connectivity index (χ1v) is 5.12. The van der Waals surface area contributed by atoms with Gasteiger partial charge in [-0.1, -0.05) is 47.7 Å². The fraction of sp³-hybridized carbons (Fsp3) is 0. The Morgan fingerprint density at radius 3 is 2.29 bits per heavy atom. The van der Waals surface area contributed by atoms with Gasteiger partial charge in [-0.3, -0.25) is 4.79 Å². The normalized spacial score (nSPS) is 10.6. The zero-order valence-corrected chi connectivity index (χ0v) is 9.08. The maximum Gasteiger partial charge on any atom is 0.195 e.